The van der Waals surface area contributed by atoms with E-state index in [0.29, 0.717) is 13.0 Å². The number of hydrogen-bond acceptors (Lipinski definition) is 3. The number of carbonyl (C=O) groups is 1. The Bertz CT molecular complexity index is 429. The van der Waals surface area contributed by atoms with E-state index in [4.69, 9.17) is 4.74 Å². The quantitative estimate of drug-likeness (QED) is 0.270. The molecule has 1 aromatic rings. The van der Waals surface area contributed by atoms with Gasteiger partial charge in [-0.25, -0.2) is 0 Å². The van der Waals surface area contributed by atoms with Gasteiger partial charge in [0.2, 0.25) is 0 Å². The number of unbranched alkanes of at least 4 members (excludes halogenated alkanes) is 7. The molecule has 0 fully saturated rings. The molecular weight excluding hydrogens is 286 g/mol. The van der Waals surface area contributed by atoms with Crippen molar-refractivity contribution in [2.75, 3.05) is 0 Å². The van der Waals surface area contributed by atoms with Gasteiger partial charge in [-0.1, -0.05) is 50.8 Å². The maximum absolute atomic E-state index is 11.6. The molecule has 1 rings (SSSR count). The van der Waals surface area contributed by atoms with Crippen molar-refractivity contribution in [1.29, 1.82) is 0 Å². The summed E-state index contributed by atoms with van der Waals surface area (Å²) in [5, 5.41) is 0. The number of esters is 1. The first kappa shape index (κ1) is 19.4. The maximum Gasteiger partial charge on any atom is 0.306 e. The minimum Gasteiger partial charge on any atom is -0.461 e. The molecule has 0 amide bonds. The second-order valence-corrected chi connectivity index (χ2v) is 5.94. The van der Waals surface area contributed by atoms with Crippen LogP contribution in [0.4, 0.5) is 0 Å². The van der Waals surface area contributed by atoms with Gasteiger partial charge >= 0.3 is 5.97 Å². The lowest BCUT2D eigenvalue weighted by Gasteiger charge is -2.04. The SMILES string of the molecule is CCCCCC/C=C\CCCCCC(=O)OCc1cccnc1. The van der Waals surface area contributed by atoms with E-state index in [-0.39, 0.29) is 5.97 Å². The Morgan fingerprint density at radius 2 is 1.83 bits per heavy atom. The molecule has 0 atom stereocenters. The predicted octanol–water partition coefficient (Wildman–Crippen LogP) is 5.60. The predicted molar refractivity (Wildman–Crippen MR) is 95.0 cm³/mol. The molecule has 128 valence electrons. The van der Waals surface area contributed by atoms with Crippen molar-refractivity contribution in [3.63, 3.8) is 0 Å². The van der Waals surface area contributed by atoms with Gasteiger partial charge in [0, 0.05) is 24.4 Å². The lowest BCUT2D eigenvalue weighted by Crippen LogP contribution is -2.04. The Morgan fingerprint density at radius 1 is 1.09 bits per heavy atom. The second-order valence-electron chi connectivity index (χ2n) is 5.94. The highest BCUT2D eigenvalue weighted by molar-refractivity contribution is 5.69. The standard InChI is InChI=1S/C20H31NO2/c1-2-3-4-5-6-7-8-9-10-11-12-15-20(22)23-18-19-14-13-16-21-17-19/h7-8,13-14,16-17H,2-6,9-12,15,18H2,1H3/b8-7-. The van der Waals surface area contributed by atoms with Gasteiger partial charge in [-0.3, -0.25) is 9.78 Å². The molecule has 0 radical (unpaired) electrons. The fourth-order valence-electron chi connectivity index (χ4n) is 2.35. The van der Waals surface area contributed by atoms with Gasteiger partial charge < -0.3 is 4.74 Å². The van der Waals surface area contributed by atoms with Crippen LogP contribution >= 0.6 is 0 Å². The lowest BCUT2D eigenvalue weighted by molar-refractivity contribution is -0.145. The lowest BCUT2D eigenvalue weighted by atomic mass is 10.1. The first-order valence-corrected chi connectivity index (χ1v) is 9.02. The number of allylic oxidation sites excluding steroid dienone is 2. The Kier molecular flexibility index (Phi) is 11.8. The molecule has 0 saturated carbocycles. The van der Waals surface area contributed by atoms with Gasteiger partial charge in [-0.2, -0.15) is 0 Å². The molecule has 1 heterocycles. The van der Waals surface area contributed by atoms with Gasteiger partial charge in [0.05, 0.1) is 0 Å². The van der Waals surface area contributed by atoms with E-state index in [1.54, 1.807) is 12.4 Å². The van der Waals surface area contributed by atoms with Crippen LogP contribution < -0.4 is 0 Å². The van der Waals surface area contributed by atoms with Crippen LogP contribution in [0.5, 0.6) is 0 Å². The Morgan fingerprint density at radius 3 is 2.48 bits per heavy atom. The van der Waals surface area contributed by atoms with Crippen molar-refractivity contribution in [3.8, 4) is 0 Å². The molecule has 1 aromatic heterocycles. The van der Waals surface area contributed by atoms with Crippen LogP contribution in [0.2, 0.25) is 0 Å². The summed E-state index contributed by atoms with van der Waals surface area (Å²) in [4.78, 5) is 15.6. The van der Waals surface area contributed by atoms with Gasteiger partial charge in [0.25, 0.3) is 0 Å². The molecule has 0 N–H and O–H groups in total. The molecule has 0 aliphatic carbocycles. The van der Waals surface area contributed by atoms with Crippen molar-refractivity contribution in [3.05, 3.63) is 42.2 Å². The highest BCUT2D eigenvalue weighted by Crippen LogP contribution is 2.08. The number of nitrogens with zero attached hydrogens (tertiary/aromatic N) is 1. The van der Waals surface area contributed by atoms with E-state index in [9.17, 15) is 4.79 Å². The number of ether oxygens (including phenoxy) is 1. The summed E-state index contributed by atoms with van der Waals surface area (Å²) in [5.74, 6) is -0.111. The fourth-order valence-corrected chi connectivity index (χ4v) is 2.35. The van der Waals surface area contributed by atoms with E-state index < -0.39 is 0 Å². The first-order chi connectivity index (χ1) is 11.3. The summed E-state index contributed by atoms with van der Waals surface area (Å²) < 4.78 is 5.23. The van der Waals surface area contributed by atoms with Crippen molar-refractivity contribution in [2.45, 2.75) is 77.7 Å². The summed E-state index contributed by atoms with van der Waals surface area (Å²) in [5.41, 5.74) is 0.935. The number of carbonyl (C=O) groups excluding carboxylic acids is 1. The monoisotopic (exact) mass is 317 g/mol. The molecule has 0 saturated heterocycles. The minimum atomic E-state index is -0.111. The van der Waals surface area contributed by atoms with Crippen LogP contribution in [0.1, 0.15) is 76.7 Å². The summed E-state index contributed by atoms with van der Waals surface area (Å²) in [7, 11) is 0. The van der Waals surface area contributed by atoms with Crippen LogP contribution in [0, 0.1) is 0 Å². The van der Waals surface area contributed by atoms with Crippen molar-refractivity contribution in [2.24, 2.45) is 0 Å². The van der Waals surface area contributed by atoms with E-state index in [2.05, 4.69) is 24.1 Å². The third-order valence-corrected chi connectivity index (χ3v) is 3.77. The van der Waals surface area contributed by atoms with E-state index >= 15 is 0 Å². The molecule has 0 aliphatic heterocycles. The molecular formula is C20H31NO2. The van der Waals surface area contributed by atoms with Crippen LogP contribution in [-0.2, 0) is 16.1 Å². The Hall–Kier alpha value is -1.64. The van der Waals surface area contributed by atoms with Crippen molar-refractivity contribution < 1.29 is 9.53 Å². The number of pyridine rings is 1. The molecule has 0 bridgehead atoms. The average Bonchev–Trinajstić information content (AvgIpc) is 2.59. The first-order valence-electron chi connectivity index (χ1n) is 9.02. The molecule has 23 heavy (non-hydrogen) atoms. The molecule has 0 aliphatic rings. The third-order valence-electron chi connectivity index (χ3n) is 3.77. The number of aromatic nitrogens is 1. The molecule has 3 nitrogen and oxygen atoms in total. The molecule has 0 unspecified atom stereocenters. The largest absolute Gasteiger partial charge is 0.461 e. The Balaban J connectivity index is 1.90. The Labute approximate surface area is 141 Å². The zero-order chi connectivity index (χ0) is 16.6. The maximum atomic E-state index is 11.6. The summed E-state index contributed by atoms with van der Waals surface area (Å²) in [6.07, 6.45) is 19.3. The van der Waals surface area contributed by atoms with E-state index in [1.165, 1.54) is 32.1 Å². The van der Waals surface area contributed by atoms with Gasteiger partial charge in [0.15, 0.2) is 0 Å². The average molecular weight is 317 g/mol. The number of rotatable bonds is 13. The number of hydrogen-bond donors (Lipinski definition) is 0. The zero-order valence-electron chi connectivity index (χ0n) is 14.5. The van der Waals surface area contributed by atoms with Crippen LogP contribution in [-0.4, -0.2) is 11.0 Å². The summed E-state index contributed by atoms with van der Waals surface area (Å²) in [6, 6.07) is 3.76. The second kappa shape index (κ2) is 14.0. The fraction of sp³-hybridized carbons (Fsp3) is 0.600. The van der Waals surface area contributed by atoms with Crippen molar-refractivity contribution in [1.82, 2.24) is 4.98 Å². The van der Waals surface area contributed by atoms with Gasteiger partial charge in [-0.05, 0) is 38.2 Å². The highest BCUT2D eigenvalue weighted by Gasteiger charge is 2.02. The van der Waals surface area contributed by atoms with Gasteiger partial charge in [-0.15, -0.1) is 0 Å². The highest BCUT2D eigenvalue weighted by atomic mass is 16.5. The van der Waals surface area contributed by atoms with Gasteiger partial charge in [0.1, 0.15) is 6.61 Å². The molecule has 3 heteroatoms. The van der Waals surface area contributed by atoms with Crippen LogP contribution in [0.25, 0.3) is 0 Å². The zero-order valence-corrected chi connectivity index (χ0v) is 14.5. The minimum absolute atomic E-state index is 0.111. The van der Waals surface area contributed by atoms with Crippen LogP contribution in [0.15, 0.2) is 36.7 Å². The molecule has 0 aromatic carbocycles. The van der Waals surface area contributed by atoms with Crippen LogP contribution in [0.3, 0.4) is 0 Å². The smallest absolute Gasteiger partial charge is 0.306 e. The van der Waals surface area contributed by atoms with E-state index in [0.717, 1.165) is 31.2 Å². The molecule has 0 spiro atoms. The third kappa shape index (κ3) is 11.6. The summed E-state index contributed by atoms with van der Waals surface area (Å²) >= 11 is 0. The van der Waals surface area contributed by atoms with Crippen molar-refractivity contribution >= 4 is 5.97 Å². The van der Waals surface area contributed by atoms with E-state index in [1.807, 2.05) is 12.1 Å². The topological polar surface area (TPSA) is 39.2 Å². The summed E-state index contributed by atoms with van der Waals surface area (Å²) in [6.45, 7) is 2.57. The normalized spacial score (nSPS) is 11.0.